The van der Waals surface area contributed by atoms with Gasteiger partial charge in [0.25, 0.3) is 0 Å². The Morgan fingerprint density at radius 1 is 0.955 bits per heavy atom. The maximum atomic E-state index is 12.8. The molecule has 3 N–H and O–H groups in total. The lowest BCUT2D eigenvalue weighted by Gasteiger charge is -2.15. The molecule has 2 aromatic carbocycles. The van der Waals surface area contributed by atoms with E-state index in [4.69, 9.17) is 0 Å². The summed E-state index contributed by atoms with van der Waals surface area (Å²) in [6, 6.07) is 16.0. The second-order valence-corrected chi connectivity index (χ2v) is 5.63. The zero-order valence-corrected chi connectivity index (χ0v) is 12.1. The number of aromatic nitrogens is 1. The number of hydrogen-bond acceptors (Lipinski definition) is 1. The highest BCUT2D eigenvalue weighted by Gasteiger charge is 2.23. The first kappa shape index (κ1) is 12.9. The van der Waals surface area contributed by atoms with Crippen molar-refractivity contribution in [3.63, 3.8) is 0 Å². The van der Waals surface area contributed by atoms with Gasteiger partial charge in [0.05, 0.1) is 17.7 Å². The van der Waals surface area contributed by atoms with Gasteiger partial charge in [-0.1, -0.05) is 36.4 Å². The molecule has 1 aromatic heterocycles. The zero-order valence-electron chi connectivity index (χ0n) is 12.1. The first-order valence-electron chi connectivity index (χ1n) is 7.30. The van der Waals surface area contributed by atoms with Crippen molar-refractivity contribution in [2.75, 3.05) is 0 Å². The average molecular weight is 288 g/mol. The van der Waals surface area contributed by atoms with Gasteiger partial charge in [-0.05, 0) is 17.0 Å². The standard InChI is InChI=1S/C19H14N2O/c20-16-7-9-21(10-8-16)12-15-11-14-5-1-3-13-4-2-6-17(18(13)14)19(15)22/h1-11,20H,12H2/p+2. The van der Waals surface area contributed by atoms with Crippen LogP contribution >= 0.6 is 0 Å². The van der Waals surface area contributed by atoms with Crippen molar-refractivity contribution >= 4 is 28.3 Å². The summed E-state index contributed by atoms with van der Waals surface area (Å²) in [5.74, 6) is 0.121. The van der Waals surface area contributed by atoms with Gasteiger partial charge in [-0.25, -0.2) is 4.57 Å². The largest absolute Gasteiger partial charge is 0.325 e. The lowest BCUT2D eigenvalue weighted by atomic mass is 9.88. The molecule has 22 heavy (non-hydrogen) atoms. The minimum atomic E-state index is 0.121. The van der Waals surface area contributed by atoms with E-state index < -0.39 is 0 Å². The summed E-state index contributed by atoms with van der Waals surface area (Å²) in [6.45, 7) is 0.573. The number of hydrogen-bond donors (Lipinski definition) is 1. The number of benzene rings is 2. The highest BCUT2D eigenvalue weighted by Crippen LogP contribution is 2.31. The third-order valence-corrected chi connectivity index (χ3v) is 4.12. The zero-order chi connectivity index (χ0) is 15.1. The van der Waals surface area contributed by atoms with E-state index >= 15 is 0 Å². The summed E-state index contributed by atoms with van der Waals surface area (Å²) < 4.78 is 2.01. The number of nitrogens with zero attached hydrogens (tertiary/aromatic N) is 1. The fraction of sp³-hybridized carbons (Fsp3) is 0.0526. The molecule has 0 saturated carbocycles. The van der Waals surface area contributed by atoms with E-state index in [-0.39, 0.29) is 5.78 Å². The molecule has 1 aliphatic carbocycles. The quantitative estimate of drug-likeness (QED) is 0.723. The molecule has 0 saturated heterocycles. The van der Waals surface area contributed by atoms with Gasteiger partial charge < -0.3 is 5.73 Å². The number of carbonyl (C=O) groups excluding carboxylic acids is 1. The number of carbonyl (C=O) groups is 1. The summed E-state index contributed by atoms with van der Waals surface area (Å²) in [5, 5.41) is 2.18. The Balaban J connectivity index is 1.82. The van der Waals surface area contributed by atoms with Crippen LogP contribution < -0.4 is 10.3 Å². The third-order valence-electron chi connectivity index (χ3n) is 4.12. The normalized spacial score (nSPS) is 13.3. The van der Waals surface area contributed by atoms with Crippen LogP contribution in [0.4, 0.5) is 5.69 Å². The Morgan fingerprint density at radius 3 is 2.45 bits per heavy atom. The fourth-order valence-corrected chi connectivity index (χ4v) is 3.01. The summed E-state index contributed by atoms with van der Waals surface area (Å²) in [4.78, 5) is 12.8. The predicted octanol–water partition coefficient (Wildman–Crippen LogP) is 2.28. The molecule has 3 heteroatoms. The number of allylic oxidation sites excluding steroid dienone is 1. The van der Waals surface area contributed by atoms with Gasteiger partial charge in [-0.2, -0.15) is 0 Å². The Hall–Kier alpha value is -2.78. The molecule has 4 rings (SSSR count). The minimum Gasteiger partial charge on any atom is -0.325 e. The van der Waals surface area contributed by atoms with Crippen LogP contribution in [0, 0.1) is 0 Å². The van der Waals surface area contributed by atoms with Gasteiger partial charge in [0, 0.05) is 10.9 Å². The molecule has 1 aliphatic rings. The van der Waals surface area contributed by atoms with E-state index in [1.807, 2.05) is 53.4 Å². The highest BCUT2D eigenvalue weighted by molar-refractivity contribution is 6.22. The van der Waals surface area contributed by atoms with Crippen molar-refractivity contribution < 1.29 is 15.1 Å². The molecule has 0 unspecified atom stereocenters. The van der Waals surface area contributed by atoms with Crippen molar-refractivity contribution in [2.24, 2.45) is 0 Å². The topological polar surface area (TPSA) is 48.6 Å². The highest BCUT2D eigenvalue weighted by atomic mass is 16.1. The van der Waals surface area contributed by atoms with Gasteiger partial charge in [-0.3, -0.25) is 4.79 Å². The molecule has 3 aromatic rings. The first-order chi connectivity index (χ1) is 10.7. The molecule has 0 radical (unpaired) electrons. The Bertz CT molecular complexity index is 919. The summed E-state index contributed by atoms with van der Waals surface area (Å²) >= 11 is 0. The van der Waals surface area contributed by atoms with E-state index in [2.05, 4.69) is 23.9 Å². The average Bonchev–Trinajstić information content (AvgIpc) is 2.54. The molecule has 0 bridgehead atoms. The van der Waals surface area contributed by atoms with Crippen LogP contribution in [0.1, 0.15) is 15.9 Å². The van der Waals surface area contributed by atoms with Gasteiger partial charge in [0.1, 0.15) is 5.69 Å². The molecule has 106 valence electrons. The number of rotatable bonds is 2. The van der Waals surface area contributed by atoms with Crippen molar-refractivity contribution in [2.45, 2.75) is 6.54 Å². The Labute approximate surface area is 128 Å². The van der Waals surface area contributed by atoms with Crippen LogP contribution in [0.5, 0.6) is 0 Å². The van der Waals surface area contributed by atoms with Crippen molar-refractivity contribution in [3.05, 3.63) is 77.6 Å². The van der Waals surface area contributed by atoms with Crippen LogP contribution in [-0.4, -0.2) is 5.78 Å². The fourth-order valence-electron chi connectivity index (χ4n) is 3.01. The van der Waals surface area contributed by atoms with Gasteiger partial charge in [0.2, 0.25) is 0 Å². The molecule has 0 atom stereocenters. The molecule has 1 heterocycles. The van der Waals surface area contributed by atoms with E-state index in [0.29, 0.717) is 6.54 Å². The first-order valence-corrected chi connectivity index (χ1v) is 7.30. The van der Waals surface area contributed by atoms with Crippen LogP contribution in [-0.2, 0) is 6.54 Å². The molecule has 0 amide bonds. The number of quaternary nitrogens is 1. The summed E-state index contributed by atoms with van der Waals surface area (Å²) in [7, 11) is 0. The van der Waals surface area contributed by atoms with Crippen LogP contribution in [0.15, 0.2) is 66.5 Å². The SMILES string of the molecule is [NH3+]c1cc[n+](CC2=Cc3cccc4cccc(c34)C2=O)cc1. The predicted molar refractivity (Wildman–Crippen MR) is 85.4 cm³/mol. The summed E-state index contributed by atoms with van der Waals surface area (Å²) in [6.07, 6.45) is 5.93. The van der Waals surface area contributed by atoms with E-state index in [9.17, 15) is 4.79 Å². The number of Topliss-reactive ketones (excluding diaryl/α,β-unsaturated/α-hetero) is 1. The number of ketones is 1. The van der Waals surface area contributed by atoms with Crippen molar-refractivity contribution in [1.82, 2.24) is 0 Å². The van der Waals surface area contributed by atoms with E-state index in [1.54, 1.807) is 0 Å². The van der Waals surface area contributed by atoms with Gasteiger partial charge in [-0.15, -0.1) is 0 Å². The van der Waals surface area contributed by atoms with E-state index in [0.717, 1.165) is 33.2 Å². The van der Waals surface area contributed by atoms with Gasteiger partial charge in [0.15, 0.2) is 24.7 Å². The lowest BCUT2D eigenvalue weighted by molar-refractivity contribution is -0.688. The second kappa shape index (κ2) is 4.90. The second-order valence-electron chi connectivity index (χ2n) is 5.63. The lowest BCUT2D eigenvalue weighted by Crippen LogP contribution is -2.42. The number of pyridine rings is 1. The van der Waals surface area contributed by atoms with Crippen LogP contribution in [0.3, 0.4) is 0 Å². The molecule has 0 fully saturated rings. The third kappa shape index (κ3) is 2.03. The maximum Gasteiger partial charge on any atom is 0.196 e. The maximum absolute atomic E-state index is 12.8. The molecule has 3 nitrogen and oxygen atoms in total. The molecular weight excluding hydrogens is 272 g/mol. The Kier molecular flexibility index (Phi) is 2.88. The monoisotopic (exact) mass is 288 g/mol. The molecule has 0 aliphatic heterocycles. The van der Waals surface area contributed by atoms with Crippen LogP contribution in [0.2, 0.25) is 0 Å². The smallest absolute Gasteiger partial charge is 0.196 e. The van der Waals surface area contributed by atoms with Gasteiger partial charge >= 0.3 is 0 Å². The minimum absolute atomic E-state index is 0.121. The molecular formula is C19H16N2O+2. The van der Waals surface area contributed by atoms with E-state index in [1.165, 1.54) is 0 Å². The summed E-state index contributed by atoms with van der Waals surface area (Å²) in [5.41, 5.74) is 7.59. The van der Waals surface area contributed by atoms with Crippen molar-refractivity contribution in [3.8, 4) is 0 Å². The van der Waals surface area contributed by atoms with Crippen LogP contribution in [0.25, 0.3) is 16.8 Å². The Morgan fingerprint density at radius 2 is 1.68 bits per heavy atom. The molecule has 0 spiro atoms. The van der Waals surface area contributed by atoms with Crippen molar-refractivity contribution in [1.29, 1.82) is 0 Å².